The molecular formula is C38H43N5O4. The number of carbonyl (C=O) groups is 1. The summed E-state index contributed by atoms with van der Waals surface area (Å²) in [5.74, 6) is 0.774. The Morgan fingerprint density at radius 2 is 1.64 bits per heavy atom. The lowest BCUT2D eigenvalue weighted by Crippen LogP contribution is -2.30. The summed E-state index contributed by atoms with van der Waals surface area (Å²) in [6.45, 7) is 11.0. The van der Waals surface area contributed by atoms with Crippen molar-refractivity contribution < 1.29 is 14.6 Å². The number of aryl methyl sites for hydroxylation is 1. The van der Waals surface area contributed by atoms with Gasteiger partial charge in [-0.1, -0.05) is 71.4 Å². The Morgan fingerprint density at radius 1 is 0.915 bits per heavy atom. The van der Waals surface area contributed by atoms with Crippen LogP contribution in [0.3, 0.4) is 0 Å². The highest BCUT2D eigenvalue weighted by Gasteiger charge is 2.23. The standard InChI is InChI=1S/C38H43N5O4/c1-6-7-17-43-36-30(14-10-16-40-36)33(28-12-8-13-29(20-28)47-23-26-11-9-15-39-21-26)35(37(43)45)42-38(46)41-34-31(24(2)3)18-27(22-44)19-32(34)25(4)5/h8-16,18-21,24-25,44H,6-7,17,22-23H2,1-5H3,(H2,41,42,46). The first-order valence-corrected chi connectivity index (χ1v) is 16.2. The number of benzene rings is 2. The minimum atomic E-state index is -0.529. The molecule has 9 nitrogen and oxygen atoms in total. The second-order valence-corrected chi connectivity index (χ2v) is 12.3. The zero-order valence-corrected chi connectivity index (χ0v) is 27.7. The molecule has 0 aliphatic rings. The smallest absolute Gasteiger partial charge is 0.323 e. The molecule has 0 saturated carbocycles. The molecular weight excluding hydrogens is 590 g/mol. The lowest BCUT2D eigenvalue weighted by Gasteiger charge is -2.23. The van der Waals surface area contributed by atoms with Gasteiger partial charge in [-0.25, -0.2) is 9.78 Å². The van der Waals surface area contributed by atoms with Crippen molar-refractivity contribution in [1.82, 2.24) is 14.5 Å². The summed E-state index contributed by atoms with van der Waals surface area (Å²) >= 11 is 0. The van der Waals surface area contributed by atoms with Gasteiger partial charge in [-0.05, 0) is 70.8 Å². The quantitative estimate of drug-likeness (QED) is 0.127. The Morgan fingerprint density at radius 3 is 2.30 bits per heavy atom. The van der Waals surface area contributed by atoms with Gasteiger partial charge in [0, 0.05) is 47.3 Å². The number of amides is 2. The van der Waals surface area contributed by atoms with E-state index in [2.05, 4.69) is 27.5 Å². The summed E-state index contributed by atoms with van der Waals surface area (Å²) in [6, 6.07) is 18.4. The third kappa shape index (κ3) is 7.52. The van der Waals surface area contributed by atoms with Gasteiger partial charge in [0.25, 0.3) is 5.56 Å². The van der Waals surface area contributed by atoms with Gasteiger partial charge in [0.2, 0.25) is 0 Å². The van der Waals surface area contributed by atoms with E-state index in [0.717, 1.165) is 40.5 Å². The van der Waals surface area contributed by atoms with Gasteiger partial charge in [0.05, 0.1) is 6.61 Å². The predicted octanol–water partition coefficient (Wildman–Crippen LogP) is 8.22. The number of ether oxygens (including phenoxy) is 1. The molecule has 47 heavy (non-hydrogen) atoms. The van der Waals surface area contributed by atoms with Gasteiger partial charge in [0.15, 0.2) is 0 Å². The van der Waals surface area contributed by atoms with Crippen molar-refractivity contribution in [2.45, 2.75) is 79.1 Å². The molecule has 0 aliphatic heterocycles. The summed E-state index contributed by atoms with van der Waals surface area (Å²) in [5.41, 5.74) is 5.89. The van der Waals surface area contributed by atoms with E-state index in [9.17, 15) is 14.7 Å². The molecule has 2 aromatic carbocycles. The maximum Gasteiger partial charge on any atom is 0.323 e. The van der Waals surface area contributed by atoms with E-state index in [1.165, 1.54) is 0 Å². The number of hydrogen-bond acceptors (Lipinski definition) is 6. The molecule has 0 unspecified atom stereocenters. The van der Waals surface area contributed by atoms with Crippen LogP contribution in [0.15, 0.2) is 84.0 Å². The van der Waals surface area contributed by atoms with Crippen molar-refractivity contribution in [1.29, 1.82) is 0 Å². The van der Waals surface area contributed by atoms with Crippen LogP contribution in [-0.2, 0) is 19.8 Å². The van der Waals surface area contributed by atoms with Crippen molar-refractivity contribution in [3.63, 3.8) is 0 Å². The second kappa shape index (κ2) is 15.0. The normalized spacial score (nSPS) is 11.3. The Kier molecular flexibility index (Phi) is 10.7. The molecule has 2 amide bonds. The van der Waals surface area contributed by atoms with Crippen LogP contribution in [-0.4, -0.2) is 25.7 Å². The Balaban J connectivity index is 1.62. The van der Waals surface area contributed by atoms with Crippen LogP contribution in [0, 0.1) is 0 Å². The van der Waals surface area contributed by atoms with Crippen LogP contribution in [0.25, 0.3) is 22.2 Å². The predicted molar refractivity (Wildman–Crippen MR) is 188 cm³/mol. The average Bonchev–Trinajstić information content (AvgIpc) is 3.07. The molecule has 0 bridgehead atoms. The first-order chi connectivity index (χ1) is 22.7. The molecule has 0 spiro atoms. The Bertz CT molecular complexity index is 1890. The minimum Gasteiger partial charge on any atom is -0.489 e. The molecule has 5 aromatic rings. The largest absolute Gasteiger partial charge is 0.489 e. The number of nitrogens with zero attached hydrogens (tertiary/aromatic N) is 3. The number of aromatic nitrogens is 3. The number of rotatable bonds is 12. The summed E-state index contributed by atoms with van der Waals surface area (Å²) in [7, 11) is 0. The number of carbonyl (C=O) groups excluding carboxylic acids is 1. The van der Waals surface area contributed by atoms with Crippen LogP contribution < -0.4 is 20.9 Å². The number of fused-ring (bicyclic) bond motifs is 1. The van der Waals surface area contributed by atoms with Crippen LogP contribution in [0.1, 0.15) is 81.5 Å². The summed E-state index contributed by atoms with van der Waals surface area (Å²) in [6.07, 6.45) is 6.82. The fraction of sp³-hybridized carbons (Fsp3) is 0.316. The maximum atomic E-state index is 14.3. The van der Waals surface area contributed by atoms with Gasteiger partial charge in [-0.3, -0.25) is 14.3 Å². The number of nitrogens with one attached hydrogen (secondary N) is 2. The first-order valence-electron chi connectivity index (χ1n) is 16.2. The Hall–Kier alpha value is -5.02. The van der Waals surface area contributed by atoms with Gasteiger partial charge < -0.3 is 20.5 Å². The number of urea groups is 1. The molecule has 5 rings (SSSR count). The molecule has 244 valence electrons. The Labute approximate surface area is 275 Å². The van der Waals surface area contributed by atoms with E-state index >= 15 is 0 Å². The SMILES string of the molecule is CCCCn1c(=O)c(NC(=O)Nc2c(C(C)C)cc(CO)cc2C(C)C)c(-c2cccc(OCc3cccnc3)c2)c2cccnc21. The van der Waals surface area contributed by atoms with Crippen molar-refractivity contribution in [2.75, 3.05) is 10.6 Å². The topological polar surface area (TPSA) is 118 Å². The fourth-order valence-electron chi connectivity index (χ4n) is 5.77. The number of hydrogen-bond donors (Lipinski definition) is 3. The van der Waals surface area contributed by atoms with Crippen molar-refractivity contribution in [3.05, 3.63) is 112 Å². The molecule has 9 heteroatoms. The third-order valence-corrected chi connectivity index (χ3v) is 8.17. The van der Waals surface area contributed by atoms with E-state index in [1.807, 2.05) is 88.4 Å². The first kappa shape index (κ1) is 33.3. The molecule has 3 aromatic heterocycles. The summed E-state index contributed by atoms with van der Waals surface area (Å²) in [5, 5.41) is 16.7. The third-order valence-electron chi connectivity index (χ3n) is 8.17. The highest BCUT2D eigenvalue weighted by Crippen LogP contribution is 2.37. The number of unbranched alkanes of at least 4 members (excludes halogenated alkanes) is 1. The average molecular weight is 634 g/mol. The molecule has 3 N–H and O–H groups in total. The van der Waals surface area contributed by atoms with Crippen LogP contribution in [0.5, 0.6) is 5.75 Å². The highest BCUT2D eigenvalue weighted by atomic mass is 16.5. The van der Waals surface area contributed by atoms with E-state index in [0.29, 0.717) is 41.4 Å². The monoisotopic (exact) mass is 633 g/mol. The summed E-state index contributed by atoms with van der Waals surface area (Å²) in [4.78, 5) is 37.0. The van der Waals surface area contributed by atoms with Crippen molar-refractivity contribution in [3.8, 4) is 16.9 Å². The van der Waals surface area contributed by atoms with Crippen LogP contribution in [0.2, 0.25) is 0 Å². The zero-order valence-electron chi connectivity index (χ0n) is 27.7. The van der Waals surface area contributed by atoms with E-state index in [4.69, 9.17) is 4.74 Å². The molecule has 0 radical (unpaired) electrons. The van der Waals surface area contributed by atoms with Gasteiger partial charge in [-0.15, -0.1) is 0 Å². The molecule has 3 heterocycles. The molecule has 0 saturated heterocycles. The number of aliphatic hydroxyl groups is 1. The van der Waals surface area contributed by atoms with Crippen LogP contribution in [0.4, 0.5) is 16.2 Å². The van der Waals surface area contributed by atoms with Crippen LogP contribution >= 0.6 is 0 Å². The highest BCUT2D eigenvalue weighted by molar-refractivity contribution is 6.08. The van der Waals surface area contributed by atoms with Gasteiger partial charge in [-0.2, -0.15) is 0 Å². The molecule has 0 aliphatic carbocycles. The van der Waals surface area contributed by atoms with Crippen molar-refractivity contribution in [2.24, 2.45) is 0 Å². The maximum absolute atomic E-state index is 14.3. The van der Waals surface area contributed by atoms with E-state index in [1.54, 1.807) is 23.2 Å². The van der Waals surface area contributed by atoms with E-state index in [-0.39, 0.29) is 29.7 Å². The number of aliphatic hydroxyl groups excluding tert-OH is 1. The summed E-state index contributed by atoms with van der Waals surface area (Å²) < 4.78 is 7.76. The van der Waals surface area contributed by atoms with Gasteiger partial charge in [0.1, 0.15) is 23.7 Å². The van der Waals surface area contributed by atoms with E-state index < -0.39 is 6.03 Å². The minimum absolute atomic E-state index is 0.0808. The lowest BCUT2D eigenvalue weighted by atomic mass is 9.90. The second-order valence-electron chi connectivity index (χ2n) is 12.3. The molecule has 0 fully saturated rings. The van der Waals surface area contributed by atoms with Gasteiger partial charge >= 0.3 is 6.03 Å². The zero-order chi connectivity index (χ0) is 33.5. The van der Waals surface area contributed by atoms with Crippen molar-refractivity contribution >= 4 is 28.4 Å². The number of pyridine rings is 3. The molecule has 0 atom stereocenters. The number of anilines is 2. The lowest BCUT2D eigenvalue weighted by molar-refractivity contribution is 0.262. The fourth-order valence-corrected chi connectivity index (χ4v) is 5.77.